The first-order valence-corrected chi connectivity index (χ1v) is 10.7. The number of nitrogens with one attached hydrogen (secondary N) is 2. The molecule has 1 fully saturated rings. The zero-order chi connectivity index (χ0) is 25.4. The number of nitrogens with two attached hydrogens (primary N) is 2. The Kier molecular flexibility index (Phi) is 8.30. The van der Waals surface area contributed by atoms with E-state index >= 15 is 0 Å². The van der Waals surface area contributed by atoms with Gasteiger partial charge in [-0.3, -0.25) is 14.4 Å². The minimum absolute atomic E-state index is 0.118. The number of aromatic hydroxyl groups is 1. The number of phenols is 1. The van der Waals surface area contributed by atoms with Crippen LogP contribution in [0.2, 0.25) is 0 Å². The summed E-state index contributed by atoms with van der Waals surface area (Å²) in [5.74, 6) is -0.682. The Morgan fingerprint density at radius 2 is 1.83 bits per heavy atom. The number of phenolic OH excluding ortho intramolecular Hbond substituents is 1. The van der Waals surface area contributed by atoms with Crippen molar-refractivity contribution >= 4 is 23.5 Å². The molecule has 4 rings (SSSR count). The van der Waals surface area contributed by atoms with E-state index in [1.54, 1.807) is 12.1 Å². The molecule has 0 spiro atoms. The highest BCUT2D eigenvalue weighted by Crippen LogP contribution is 2.25. The summed E-state index contributed by atoms with van der Waals surface area (Å²) in [5.41, 5.74) is 11.7. The molecule has 0 aliphatic carbocycles. The van der Waals surface area contributed by atoms with Crippen molar-refractivity contribution in [3.05, 3.63) is 77.1 Å². The Morgan fingerprint density at radius 1 is 1.11 bits per heavy atom. The third-order valence-corrected chi connectivity index (χ3v) is 5.18. The van der Waals surface area contributed by atoms with Crippen molar-refractivity contribution in [2.45, 2.75) is 12.5 Å². The summed E-state index contributed by atoms with van der Waals surface area (Å²) < 4.78 is 4.95. The summed E-state index contributed by atoms with van der Waals surface area (Å²) in [4.78, 5) is 42.4. The fourth-order valence-electron chi connectivity index (χ4n) is 3.31. The topological polar surface area (TPSA) is 183 Å². The predicted octanol–water partition coefficient (Wildman–Crippen LogP) is 0.881. The Labute approximate surface area is 201 Å². The van der Waals surface area contributed by atoms with Crippen molar-refractivity contribution in [2.75, 3.05) is 25.9 Å². The highest BCUT2D eigenvalue weighted by molar-refractivity contribution is 6.11. The maximum absolute atomic E-state index is 12.2. The van der Waals surface area contributed by atoms with Crippen LogP contribution in [0.15, 0.2) is 54.7 Å². The third-order valence-electron chi connectivity index (χ3n) is 5.18. The number of nitrogens with zero attached hydrogens (tertiary/aromatic N) is 2. The molecule has 1 aliphatic heterocycles. The summed E-state index contributed by atoms with van der Waals surface area (Å²) in [5, 5.41) is 15.9. The molecule has 2 amide bonds. The van der Waals surface area contributed by atoms with E-state index in [9.17, 15) is 19.5 Å². The van der Waals surface area contributed by atoms with E-state index < -0.39 is 5.91 Å². The molecule has 0 radical (unpaired) electrons. The zero-order valence-electron chi connectivity index (χ0n) is 19.0. The first-order valence-electron chi connectivity index (χ1n) is 10.7. The van der Waals surface area contributed by atoms with Gasteiger partial charge in [0.2, 0.25) is 11.9 Å². The Morgan fingerprint density at radius 3 is 2.40 bits per heavy atom. The second kappa shape index (κ2) is 11.6. The number of methoxy groups -OCH3 is 1. The monoisotopic (exact) mass is 478 g/mol. The average molecular weight is 479 g/mol. The highest BCUT2D eigenvalue weighted by Gasteiger charge is 2.18. The maximum atomic E-state index is 12.2. The quantitative estimate of drug-likeness (QED) is 0.321. The van der Waals surface area contributed by atoms with Gasteiger partial charge in [0.05, 0.1) is 12.7 Å². The van der Waals surface area contributed by atoms with E-state index in [2.05, 4.69) is 20.6 Å². The highest BCUT2D eigenvalue weighted by atomic mass is 16.5. The summed E-state index contributed by atoms with van der Waals surface area (Å²) in [6, 6.07) is 12.1. The van der Waals surface area contributed by atoms with Crippen LogP contribution in [-0.2, 0) is 0 Å². The Bertz CT molecular complexity index is 1210. The van der Waals surface area contributed by atoms with Crippen molar-refractivity contribution < 1.29 is 24.2 Å². The summed E-state index contributed by atoms with van der Waals surface area (Å²) >= 11 is 0. The fourth-order valence-corrected chi connectivity index (χ4v) is 3.31. The number of carbonyl (C=O) groups is 3. The van der Waals surface area contributed by atoms with E-state index in [1.165, 1.54) is 49.7 Å². The summed E-state index contributed by atoms with van der Waals surface area (Å²) in [7, 11) is 1.47. The Balaban J connectivity index is 0.000000203. The number of ether oxygens (including phenoxy) is 1. The van der Waals surface area contributed by atoms with E-state index in [0.29, 0.717) is 22.6 Å². The fraction of sp³-hybridized carbons (Fsp3) is 0.208. The summed E-state index contributed by atoms with van der Waals surface area (Å²) in [6.07, 6.45) is 2.43. The van der Waals surface area contributed by atoms with Gasteiger partial charge in [-0.15, -0.1) is 0 Å². The molecule has 7 N–H and O–H groups in total. The molecule has 11 heteroatoms. The lowest BCUT2D eigenvalue weighted by Gasteiger charge is -2.10. The number of benzene rings is 2. The normalized spacial score (nSPS) is 14.4. The molecule has 0 saturated carbocycles. The first kappa shape index (κ1) is 25.1. The van der Waals surface area contributed by atoms with Gasteiger partial charge in [-0.2, -0.15) is 0 Å². The van der Waals surface area contributed by atoms with Crippen LogP contribution in [0.5, 0.6) is 11.5 Å². The van der Waals surface area contributed by atoms with Gasteiger partial charge < -0.3 is 31.9 Å². The number of primary amides is 1. The number of nitrogen functional groups attached to an aromatic ring is 1. The molecule has 1 saturated heterocycles. The molecule has 11 nitrogen and oxygen atoms in total. The molecule has 1 unspecified atom stereocenters. The van der Waals surface area contributed by atoms with Gasteiger partial charge in [-0.1, -0.05) is 12.1 Å². The van der Waals surface area contributed by atoms with Crippen molar-refractivity contribution in [1.29, 1.82) is 0 Å². The van der Waals surface area contributed by atoms with Crippen LogP contribution in [0.25, 0.3) is 0 Å². The van der Waals surface area contributed by atoms with Crippen molar-refractivity contribution in [2.24, 2.45) is 5.73 Å². The molecule has 35 heavy (non-hydrogen) atoms. The van der Waals surface area contributed by atoms with Gasteiger partial charge in [0.15, 0.2) is 5.78 Å². The van der Waals surface area contributed by atoms with Crippen molar-refractivity contribution in [3.63, 3.8) is 0 Å². The second-order valence-corrected chi connectivity index (χ2v) is 7.62. The lowest BCUT2D eigenvalue weighted by molar-refractivity contribution is 0.0933. The van der Waals surface area contributed by atoms with Gasteiger partial charge >= 0.3 is 0 Å². The molecule has 2 aromatic carbocycles. The second-order valence-electron chi connectivity index (χ2n) is 7.62. The number of hydrogen-bond donors (Lipinski definition) is 5. The molecular formula is C24H26N6O5. The van der Waals surface area contributed by atoms with E-state index in [0.717, 1.165) is 19.5 Å². The SMILES string of the molecule is COc1ccc(C(=O)c2ccc(C(N)=O)cc2)c(O)c1.Nc1nccc(C(=O)NC2CCNC2)n1. The lowest BCUT2D eigenvalue weighted by Crippen LogP contribution is -2.36. The average Bonchev–Trinajstić information content (AvgIpc) is 3.37. The van der Waals surface area contributed by atoms with Crippen molar-refractivity contribution in [1.82, 2.24) is 20.6 Å². The molecular weight excluding hydrogens is 452 g/mol. The maximum Gasteiger partial charge on any atom is 0.270 e. The van der Waals surface area contributed by atoms with Crippen molar-refractivity contribution in [3.8, 4) is 11.5 Å². The van der Waals surface area contributed by atoms with Gasteiger partial charge in [0, 0.05) is 36.0 Å². The number of carbonyl (C=O) groups excluding carboxylic acids is 3. The van der Waals surface area contributed by atoms with Crippen LogP contribution in [0, 0.1) is 0 Å². The lowest BCUT2D eigenvalue weighted by atomic mass is 10.0. The van der Waals surface area contributed by atoms with E-state index in [-0.39, 0.29) is 35.0 Å². The van der Waals surface area contributed by atoms with Gasteiger partial charge in [0.1, 0.15) is 17.2 Å². The van der Waals surface area contributed by atoms with E-state index in [4.69, 9.17) is 16.2 Å². The van der Waals surface area contributed by atoms with Crippen LogP contribution >= 0.6 is 0 Å². The number of aromatic nitrogens is 2. The van der Waals surface area contributed by atoms with Crippen LogP contribution in [0.3, 0.4) is 0 Å². The van der Waals surface area contributed by atoms with Crippen LogP contribution < -0.4 is 26.8 Å². The number of hydrogen-bond acceptors (Lipinski definition) is 9. The molecule has 1 aliphatic rings. The molecule has 2 heterocycles. The molecule has 182 valence electrons. The standard InChI is InChI=1S/C15H13NO4.C9H13N5O/c1-20-11-6-7-12(13(17)8-11)14(18)9-2-4-10(5-3-9)15(16)19;10-9-12-4-2-7(14-9)8(15)13-6-1-3-11-5-6/h2-8,17H,1H3,(H2,16,19);2,4,6,11H,1,3,5H2,(H,13,15)(H2,10,12,14). The molecule has 1 atom stereocenters. The van der Waals surface area contributed by atoms with Gasteiger partial charge in [0.25, 0.3) is 5.91 Å². The molecule has 3 aromatic rings. The number of amides is 2. The summed E-state index contributed by atoms with van der Waals surface area (Å²) in [6.45, 7) is 1.75. The smallest absolute Gasteiger partial charge is 0.270 e. The zero-order valence-corrected chi connectivity index (χ0v) is 19.0. The van der Waals surface area contributed by atoms with Crippen LogP contribution in [0.4, 0.5) is 5.95 Å². The molecule has 0 bridgehead atoms. The van der Waals surface area contributed by atoms with Crippen LogP contribution in [0.1, 0.15) is 43.2 Å². The Hall–Kier alpha value is -4.51. The molecule has 1 aromatic heterocycles. The third kappa shape index (κ3) is 6.74. The largest absolute Gasteiger partial charge is 0.507 e. The van der Waals surface area contributed by atoms with E-state index in [1.807, 2.05) is 0 Å². The number of ketones is 1. The van der Waals surface area contributed by atoms with Gasteiger partial charge in [-0.25, -0.2) is 9.97 Å². The minimum Gasteiger partial charge on any atom is -0.507 e. The van der Waals surface area contributed by atoms with Gasteiger partial charge in [-0.05, 0) is 43.3 Å². The van der Waals surface area contributed by atoms with Crippen LogP contribution in [-0.4, -0.2) is 58.9 Å². The first-order chi connectivity index (χ1) is 16.8. The number of anilines is 1. The predicted molar refractivity (Wildman–Crippen MR) is 128 cm³/mol. The number of rotatable bonds is 6. The minimum atomic E-state index is -0.559.